The van der Waals surface area contributed by atoms with Crippen molar-refractivity contribution in [1.82, 2.24) is 15.5 Å². The SMILES string of the molecule is CCCNC(=O)c1cccc(CNC(=NC)N2CCC(OCCCOC)CC2)c1.I. The van der Waals surface area contributed by atoms with E-state index in [1.54, 1.807) is 7.11 Å². The number of halogens is 1. The van der Waals surface area contributed by atoms with Gasteiger partial charge in [0.05, 0.1) is 6.10 Å². The van der Waals surface area contributed by atoms with E-state index in [0.29, 0.717) is 24.8 Å². The molecule has 0 atom stereocenters. The zero-order chi connectivity index (χ0) is 20.9. The van der Waals surface area contributed by atoms with Crippen molar-refractivity contribution < 1.29 is 14.3 Å². The quantitative estimate of drug-likeness (QED) is 0.210. The number of methoxy groups -OCH3 is 1. The standard InChI is InChI=1S/C22H36N4O3.HI/c1-4-11-24-21(27)19-8-5-7-18(16-19)17-25-22(23-2)26-12-9-20(10-13-26)29-15-6-14-28-3;/h5,7-8,16,20H,4,6,9-15,17H2,1-3H3,(H,23,25)(H,24,27);1H. The van der Waals surface area contributed by atoms with Gasteiger partial charge in [0.2, 0.25) is 0 Å². The molecule has 30 heavy (non-hydrogen) atoms. The molecule has 0 saturated carbocycles. The summed E-state index contributed by atoms with van der Waals surface area (Å²) in [5, 5.41) is 6.35. The first kappa shape index (κ1) is 26.6. The number of guanidine groups is 1. The number of likely N-dealkylation sites (tertiary alicyclic amines) is 1. The van der Waals surface area contributed by atoms with Gasteiger partial charge in [0.15, 0.2) is 5.96 Å². The normalized spacial score (nSPS) is 14.9. The maximum Gasteiger partial charge on any atom is 0.251 e. The van der Waals surface area contributed by atoms with Gasteiger partial charge in [-0.1, -0.05) is 19.1 Å². The van der Waals surface area contributed by atoms with E-state index in [9.17, 15) is 4.79 Å². The van der Waals surface area contributed by atoms with Gasteiger partial charge < -0.3 is 25.0 Å². The van der Waals surface area contributed by atoms with Crippen LogP contribution in [-0.2, 0) is 16.0 Å². The Morgan fingerprint density at radius 1 is 1.23 bits per heavy atom. The van der Waals surface area contributed by atoms with Gasteiger partial charge in [0, 0.05) is 59.1 Å². The molecular formula is C22H37IN4O3. The van der Waals surface area contributed by atoms with Gasteiger partial charge in [-0.2, -0.15) is 0 Å². The highest BCUT2D eigenvalue weighted by atomic mass is 127. The molecular weight excluding hydrogens is 495 g/mol. The summed E-state index contributed by atoms with van der Waals surface area (Å²) in [4.78, 5) is 18.9. The molecule has 0 radical (unpaired) electrons. The summed E-state index contributed by atoms with van der Waals surface area (Å²) in [6.45, 7) is 6.73. The largest absolute Gasteiger partial charge is 0.385 e. The van der Waals surface area contributed by atoms with Crippen LogP contribution in [0.15, 0.2) is 29.3 Å². The topological polar surface area (TPSA) is 75.2 Å². The number of piperidine rings is 1. The monoisotopic (exact) mass is 532 g/mol. The molecule has 2 N–H and O–H groups in total. The van der Waals surface area contributed by atoms with Gasteiger partial charge in [-0.15, -0.1) is 24.0 Å². The van der Waals surface area contributed by atoms with Crippen LogP contribution < -0.4 is 10.6 Å². The third kappa shape index (κ3) is 9.18. The highest BCUT2D eigenvalue weighted by Crippen LogP contribution is 2.14. The number of nitrogens with one attached hydrogen (secondary N) is 2. The lowest BCUT2D eigenvalue weighted by molar-refractivity contribution is 0.00989. The van der Waals surface area contributed by atoms with E-state index in [0.717, 1.165) is 63.5 Å². The third-order valence-electron chi connectivity index (χ3n) is 4.98. The molecule has 170 valence electrons. The van der Waals surface area contributed by atoms with Crippen LogP contribution in [0.4, 0.5) is 0 Å². The van der Waals surface area contributed by atoms with Crippen LogP contribution in [0, 0.1) is 0 Å². The minimum Gasteiger partial charge on any atom is -0.385 e. The number of amides is 1. The van der Waals surface area contributed by atoms with Crippen molar-refractivity contribution in [2.75, 3.05) is 47.0 Å². The molecule has 0 bridgehead atoms. The van der Waals surface area contributed by atoms with Crippen LogP contribution >= 0.6 is 24.0 Å². The van der Waals surface area contributed by atoms with E-state index >= 15 is 0 Å². The molecule has 1 aromatic rings. The van der Waals surface area contributed by atoms with Crippen molar-refractivity contribution >= 4 is 35.8 Å². The molecule has 1 aliphatic rings. The van der Waals surface area contributed by atoms with Gasteiger partial charge >= 0.3 is 0 Å². The molecule has 1 aromatic carbocycles. The van der Waals surface area contributed by atoms with Crippen molar-refractivity contribution in [1.29, 1.82) is 0 Å². The Morgan fingerprint density at radius 3 is 2.67 bits per heavy atom. The van der Waals surface area contributed by atoms with Crippen molar-refractivity contribution in [3.05, 3.63) is 35.4 Å². The summed E-state index contributed by atoms with van der Waals surface area (Å²) in [6.07, 6.45) is 4.19. The van der Waals surface area contributed by atoms with Gasteiger partial charge in [-0.3, -0.25) is 9.79 Å². The van der Waals surface area contributed by atoms with E-state index in [-0.39, 0.29) is 29.9 Å². The summed E-state index contributed by atoms with van der Waals surface area (Å²) in [5.74, 6) is 0.870. The molecule has 0 aromatic heterocycles. The zero-order valence-electron chi connectivity index (χ0n) is 18.5. The van der Waals surface area contributed by atoms with Crippen LogP contribution in [0.25, 0.3) is 0 Å². The van der Waals surface area contributed by atoms with E-state index in [1.165, 1.54) is 0 Å². The predicted octanol–water partition coefficient (Wildman–Crippen LogP) is 3.04. The van der Waals surface area contributed by atoms with Crippen molar-refractivity contribution in [2.45, 2.75) is 45.3 Å². The van der Waals surface area contributed by atoms with Crippen LogP contribution in [0.3, 0.4) is 0 Å². The lowest BCUT2D eigenvalue weighted by Gasteiger charge is -2.34. The van der Waals surface area contributed by atoms with Crippen LogP contribution in [0.2, 0.25) is 0 Å². The van der Waals surface area contributed by atoms with Crippen LogP contribution in [-0.4, -0.2) is 69.9 Å². The summed E-state index contributed by atoms with van der Waals surface area (Å²) in [6, 6.07) is 7.73. The first-order chi connectivity index (χ1) is 14.2. The molecule has 0 aliphatic carbocycles. The Morgan fingerprint density at radius 2 is 2.00 bits per heavy atom. The Bertz CT molecular complexity index is 649. The summed E-state index contributed by atoms with van der Waals surface area (Å²) in [7, 11) is 3.53. The fraction of sp³-hybridized carbons (Fsp3) is 0.636. The number of aliphatic imine (C=N–C) groups is 1. The van der Waals surface area contributed by atoms with E-state index in [4.69, 9.17) is 9.47 Å². The average molecular weight is 532 g/mol. The maximum absolute atomic E-state index is 12.2. The first-order valence-electron chi connectivity index (χ1n) is 10.6. The molecule has 0 spiro atoms. The minimum absolute atomic E-state index is 0. The third-order valence-corrected chi connectivity index (χ3v) is 4.98. The predicted molar refractivity (Wildman–Crippen MR) is 132 cm³/mol. The average Bonchev–Trinajstić information content (AvgIpc) is 2.76. The van der Waals surface area contributed by atoms with Crippen molar-refractivity contribution in [2.24, 2.45) is 4.99 Å². The molecule has 2 rings (SSSR count). The van der Waals surface area contributed by atoms with E-state index in [2.05, 4.69) is 20.5 Å². The van der Waals surface area contributed by atoms with Gasteiger partial charge in [-0.25, -0.2) is 0 Å². The van der Waals surface area contributed by atoms with Crippen LogP contribution in [0.1, 0.15) is 48.5 Å². The number of hydrogen-bond acceptors (Lipinski definition) is 4. The second-order valence-corrected chi connectivity index (χ2v) is 7.26. The summed E-state index contributed by atoms with van der Waals surface area (Å²) in [5.41, 5.74) is 1.76. The second kappa shape index (κ2) is 15.4. The Balaban J connectivity index is 0.00000450. The molecule has 1 amide bonds. The lowest BCUT2D eigenvalue weighted by atomic mass is 10.1. The zero-order valence-corrected chi connectivity index (χ0v) is 20.8. The van der Waals surface area contributed by atoms with Crippen molar-refractivity contribution in [3.63, 3.8) is 0 Å². The summed E-state index contributed by atoms with van der Waals surface area (Å²) >= 11 is 0. The minimum atomic E-state index is -0.0225. The molecule has 8 heteroatoms. The highest BCUT2D eigenvalue weighted by molar-refractivity contribution is 14.0. The number of carbonyl (C=O) groups is 1. The number of carbonyl (C=O) groups excluding carboxylic acids is 1. The fourth-order valence-corrected chi connectivity index (χ4v) is 3.36. The number of benzene rings is 1. The van der Waals surface area contributed by atoms with Crippen LogP contribution in [0.5, 0.6) is 0 Å². The number of hydrogen-bond donors (Lipinski definition) is 2. The van der Waals surface area contributed by atoms with Crippen molar-refractivity contribution in [3.8, 4) is 0 Å². The molecule has 1 aliphatic heterocycles. The number of rotatable bonds is 10. The second-order valence-electron chi connectivity index (χ2n) is 7.26. The molecule has 1 fully saturated rings. The number of nitrogens with zero attached hydrogens (tertiary/aromatic N) is 2. The Hall–Kier alpha value is -1.39. The molecule has 0 unspecified atom stereocenters. The van der Waals surface area contributed by atoms with E-state index < -0.39 is 0 Å². The smallest absolute Gasteiger partial charge is 0.251 e. The van der Waals surface area contributed by atoms with Gasteiger partial charge in [-0.05, 0) is 43.4 Å². The molecule has 1 saturated heterocycles. The summed E-state index contributed by atoms with van der Waals surface area (Å²) < 4.78 is 11.0. The number of ether oxygens (including phenoxy) is 2. The van der Waals surface area contributed by atoms with Gasteiger partial charge in [0.25, 0.3) is 5.91 Å². The molecule has 1 heterocycles. The molecule has 7 nitrogen and oxygen atoms in total. The Kier molecular flexibility index (Phi) is 13.7. The maximum atomic E-state index is 12.2. The Labute approximate surface area is 198 Å². The lowest BCUT2D eigenvalue weighted by Crippen LogP contribution is -2.46. The first-order valence-corrected chi connectivity index (χ1v) is 10.6. The van der Waals surface area contributed by atoms with E-state index in [1.807, 2.05) is 38.2 Å². The van der Waals surface area contributed by atoms with Gasteiger partial charge in [0.1, 0.15) is 0 Å². The highest BCUT2D eigenvalue weighted by Gasteiger charge is 2.21. The fourth-order valence-electron chi connectivity index (χ4n) is 3.36.